The fraction of sp³-hybridized carbons (Fsp3) is 0.435. The second-order valence-corrected chi connectivity index (χ2v) is 9.89. The zero-order valence-corrected chi connectivity index (χ0v) is 18.8. The van der Waals surface area contributed by atoms with E-state index in [9.17, 15) is 4.79 Å². The summed E-state index contributed by atoms with van der Waals surface area (Å²) in [7, 11) is 2.00. The average molecular weight is 440 g/mol. The summed E-state index contributed by atoms with van der Waals surface area (Å²) in [6.45, 7) is 7.46. The standard InChI is InChI=1S/C23H26ClN5O2/c1-23(2,3)27-22(30)31-20-14-11-29(12-15(14)20)19-9-13(16(24)10-25-19)21-26-17-7-5-6-8-18(17)28(21)4/h5-10,14-15,20H,11-12H2,1-4H3,(H,27,30). The number of carbonyl (C=O) groups is 1. The number of para-hydroxylation sites is 2. The second-order valence-electron chi connectivity index (χ2n) is 9.48. The quantitative estimate of drug-likeness (QED) is 0.660. The lowest BCUT2D eigenvalue weighted by molar-refractivity contribution is 0.119. The van der Waals surface area contributed by atoms with E-state index in [4.69, 9.17) is 21.3 Å². The summed E-state index contributed by atoms with van der Waals surface area (Å²) in [6, 6.07) is 10.0. The van der Waals surface area contributed by atoms with Gasteiger partial charge in [-0.2, -0.15) is 0 Å². The van der Waals surface area contributed by atoms with E-state index in [-0.39, 0.29) is 17.7 Å². The van der Waals surface area contributed by atoms with Crippen molar-refractivity contribution in [1.82, 2.24) is 19.9 Å². The number of alkyl carbamates (subject to hydrolysis) is 1. The summed E-state index contributed by atoms with van der Waals surface area (Å²) in [5.74, 6) is 2.39. The molecular weight excluding hydrogens is 414 g/mol. The number of amides is 1. The summed E-state index contributed by atoms with van der Waals surface area (Å²) in [6.07, 6.45) is 1.35. The molecule has 7 nitrogen and oxygen atoms in total. The topological polar surface area (TPSA) is 72.3 Å². The van der Waals surface area contributed by atoms with Gasteiger partial charge in [0.15, 0.2) is 0 Å². The highest BCUT2D eigenvalue weighted by Crippen LogP contribution is 2.49. The number of hydrogen-bond acceptors (Lipinski definition) is 5. The van der Waals surface area contributed by atoms with Gasteiger partial charge in [-0.15, -0.1) is 0 Å². The van der Waals surface area contributed by atoms with Gasteiger partial charge in [0.2, 0.25) is 0 Å². The number of pyridine rings is 1. The van der Waals surface area contributed by atoms with Crippen molar-refractivity contribution in [3.63, 3.8) is 0 Å². The first-order valence-electron chi connectivity index (χ1n) is 10.5. The van der Waals surface area contributed by atoms with E-state index >= 15 is 0 Å². The number of rotatable bonds is 3. The number of ether oxygens (including phenoxy) is 1. The van der Waals surface area contributed by atoms with Gasteiger partial charge in [-0.1, -0.05) is 23.7 Å². The number of aromatic nitrogens is 3. The van der Waals surface area contributed by atoms with Crippen LogP contribution in [-0.4, -0.2) is 45.4 Å². The molecule has 2 unspecified atom stereocenters. The molecule has 3 aromatic rings. The molecule has 3 heterocycles. The molecule has 1 aliphatic carbocycles. The minimum Gasteiger partial charge on any atom is -0.445 e. The lowest BCUT2D eigenvalue weighted by Gasteiger charge is -2.23. The number of fused-ring (bicyclic) bond motifs is 2. The van der Waals surface area contributed by atoms with Crippen LogP contribution in [0.25, 0.3) is 22.4 Å². The van der Waals surface area contributed by atoms with Gasteiger partial charge in [-0.3, -0.25) is 0 Å². The van der Waals surface area contributed by atoms with Crippen LogP contribution in [0.1, 0.15) is 20.8 Å². The van der Waals surface area contributed by atoms with Gasteiger partial charge in [0.25, 0.3) is 0 Å². The Bertz CT molecular complexity index is 1160. The van der Waals surface area contributed by atoms with Crippen LogP contribution >= 0.6 is 11.6 Å². The van der Waals surface area contributed by atoms with Crippen LogP contribution in [0.3, 0.4) is 0 Å². The van der Waals surface area contributed by atoms with Gasteiger partial charge < -0.3 is 19.5 Å². The molecule has 2 atom stereocenters. The minimum atomic E-state index is -0.341. The summed E-state index contributed by atoms with van der Waals surface area (Å²) in [5.41, 5.74) is 2.56. The maximum Gasteiger partial charge on any atom is 0.407 e. The van der Waals surface area contributed by atoms with E-state index in [1.807, 2.05) is 58.2 Å². The molecule has 0 spiro atoms. The smallest absolute Gasteiger partial charge is 0.407 e. The van der Waals surface area contributed by atoms with Gasteiger partial charge in [-0.05, 0) is 39.0 Å². The molecule has 2 aromatic heterocycles. The van der Waals surface area contributed by atoms with Crippen molar-refractivity contribution in [3.05, 3.63) is 41.6 Å². The van der Waals surface area contributed by atoms with Gasteiger partial charge >= 0.3 is 6.09 Å². The molecule has 8 heteroatoms. The molecule has 1 amide bonds. The van der Waals surface area contributed by atoms with Gasteiger partial charge in [0.05, 0.1) is 16.1 Å². The second kappa shape index (κ2) is 7.12. The Kier molecular flexibility index (Phi) is 4.62. The predicted octanol–water partition coefficient (Wildman–Crippen LogP) is 4.25. The number of benzene rings is 1. The predicted molar refractivity (Wildman–Crippen MR) is 121 cm³/mol. The number of nitrogens with zero attached hydrogens (tertiary/aromatic N) is 4. The molecule has 0 bridgehead atoms. The van der Waals surface area contributed by atoms with Crippen LogP contribution in [0.4, 0.5) is 10.6 Å². The number of halogens is 1. The number of piperidine rings is 1. The molecule has 31 heavy (non-hydrogen) atoms. The fourth-order valence-corrected chi connectivity index (χ4v) is 4.64. The molecule has 1 aliphatic heterocycles. The van der Waals surface area contributed by atoms with Gasteiger partial charge in [0, 0.05) is 49.3 Å². The Balaban J connectivity index is 1.31. The van der Waals surface area contributed by atoms with Crippen molar-refractivity contribution in [2.75, 3.05) is 18.0 Å². The maximum atomic E-state index is 12.1. The molecule has 1 saturated carbocycles. The normalized spacial score (nSPS) is 22.5. The Morgan fingerprint density at radius 2 is 1.94 bits per heavy atom. The molecule has 162 valence electrons. The minimum absolute atomic E-state index is 0.00906. The number of aryl methyl sites for hydroxylation is 1. The van der Waals surface area contributed by atoms with Crippen molar-refractivity contribution < 1.29 is 9.53 Å². The zero-order chi connectivity index (χ0) is 21.9. The number of carbonyl (C=O) groups excluding carboxylic acids is 1. The highest BCUT2D eigenvalue weighted by molar-refractivity contribution is 6.33. The Morgan fingerprint density at radius 1 is 1.23 bits per heavy atom. The Morgan fingerprint density at radius 3 is 2.61 bits per heavy atom. The lowest BCUT2D eigenvalue weighted by atomic mass is 10.1. The third kappa shape index (κ3) is 3.71. The zero-order valence-electron chi connectivity index (χ0n) is 18.1. The number of nitrogens with one attached hydrogen (secondary N) is 1. The fourth-order valence-electron chi connectivity index (χ4n) is 4.45. The van der Waals surface area contributed by atoms with Crippen LogP contribution in [0.5, 0.6) is 0 Å². The van der Waals surface area contributed by atoms with Crippen LogP contribution in [-0.2, 0) is 11.8 Å². The van der Waals surface area contributed by atoms with Gasteiger partial charge in [0.1, 0.15) is 17.7 Å². The van der Waals surface area contributed by atoms with E-state index in [1.54, 1.807) is 6.20 Å². The van der Waals surface area contributed by atoms with Gasteiger partial charge in [-0.25, -0.2) is 14.8 Å². The molecule has 1 saturated heterocycles. The SMILES string of the molecule is Cn1c(-c2cc(N3CC4C(C3)C4OC(=O)NC(C)(C)C)ncc2Cl)nc2ccccc21. The van der Waals surface area contributed by atoms with E-state index < -0.39 is 0 Å². The molecule has 2 fully saturated rings. The molecule has 0 radical (unpaired) electrons. The summed E-state index contributed by atoms with van der Waals surface area (Å²) < 4.78 is 7.67. The monoisotopic (exact) mass is 439 g/mol. The first kappa shape index (κ1) is 20.1. The third-order valence-electron chi connectivity index (χ3n) is 6.03. The van der Waals surface area contributed by atoms with E-state index in [1.165, 1.54) is 0 Å². The maximum absolute atomic E-state index is 12.1. The van der Waals surface area contributed by atoms with Crippen molar-refractivity contribution in [2.45, 2.75) is 32.4 Å². The van der Waals surface area contributed by atoms with Crippen LogP contribution in [0.15, 0.2) is 36.5 Å². The van der Waals surface area contributed by atoms with Crippen molar-refractivity contribution in [3.8, 4) is 11.4 Å². The molecule has 1 aromatic carbocycles. The Labute approximate surface area is 186 Å². The van der Waals surface area contributed by atoms with Crippen LogP contribution < -0.4 is 10.2 Å². The van der Waals surface area contributed by atoms with Crippen molar-refractivity contribution >= 4 is 34.5 Å². The van der Waals surface area contributed by atoms with E-state index in [0.717, 1.165) is 41.3 Å². The third-order valence-corrected chi connectivity index (χ3v) is 6.33. The van der Waals surface area contributed by atoms with Crippen LogP contribution in [0, 0.1) is 11.8 Å². The highest BCUT2D eigenvalue weighted by atomic mass is 35.5. The summed E-state index contributed by atoms with van der Waals surface area (Å²) >= 11 is 6.51. The first-order chi connectivity index (χ1) is 14.7. The molecule has 1 N–H and O–H groups in total. The lowest BCUT2D eigenvalue weighted by Crippen LogP contribution is -2.42. The highest BCUT2D eigenvalue weighted by Gasteiger charge is 2.59. The number of anilines is 1. The van der Waals surface area contributed by atoms with E-state index in [0.29, 0.717) is 16.9 Å². The van der Waals surface area contributed by atoms with Crippen molar-refractivity contribution in [2.24, 2.45) is 18.9 Å². The largest absolute Gasteiger partial charge is 0.445 e. The number of imidazole rings is 1. The summed E-state index contributed by atoms with van der Waals surface area (Å²) in [4.78, 5) is 23.6. The molecule has 5 rings (SSSR count). The van der Waals surface area contributed by atoms with Crippen molar-refractivity contribution in [1.29, 1.82) is 0 Å². The average Bonchev–Trinajstić information content (AvgIpc) is 3.04. The van der Waals surface area contributed by atoms with E-state index in [2.05, 4.69) is 19.8 Å². The molecule has 2 aliphatic rings. The van der Waals surface area contributed by atoms with Crippen LogP contribution in [0.2, 0.25) is 5.02 Å². The first-order valence-corrected chi connectivity index (χ1v) is 10.9. The number of hydrogen-bond donors (Lipinski definition) is 1. The molecular formula is C23H26ClN5O2. The summed E-state index contributed by atoms with van der Waals surface area (Å²) in [5, 5.41) is 3.44. The Hall–Kier alpha value is -2.80.